The fourth-order valence-electron chi connectivity index (χ4n) is 5.30. The van der Waals surface area contributed by atoms with E-state index in [-0.39, 0.29) is 16.8 Å². The van der Waals surface area contributed by atoms with E-state index in [2.05, 4.69) is 72.7 Å². The van der Waals surface area contributed by atoms with E-state index in [9.17, 15) is 4.79 Å². The number of carbonyl (C=O) groups excluding carboxylic acids is 1. The lowest BCUT2D eigenvalue weighted by Gasteiger charge is -2.51. The van der Waals surface area contributed by atoms with Crippen LogP contribution in [0.2, 0.25) is 0 Å². The minimum Gasteiger partial charge on any atom is -0.465 e. The van der Waals surface area contributed by atoms with Crippen LogP contribution in [0.3, 0.4) is 0 Å². The van der Waals surface area contributed by atoms with Crippen molar-refractivity contribution in [1.82, 2.24) is 0 Å². The van der Waals surface area contributed by atoms with Crippen LogP contribution in [0.4, 0.5) is 0 Å². The molecule has 0 aliphatic rings. The van der Waals surface area contributed by atoms with Crippen LogP contribution in [0.15, 0.2) is 30.3 Å². The molecule has 0 fully saturated rings. The maximum atomic E-state index is 13.6. The third-order valence-corrected chi connectivity index (χ3v) is 7.20. The summed E-state index contributed by atoms with van der Waals surface area (Å²) >= 11 is 0. The first-order chi connectivity index (χ1) is 15.1. The molecule has 2 heteroatoms. The van der Waals surface area contributed by atoms with Gasteiger partial charge < -0.3 is 4.74 Å². The molecule has 0 atom stereocenters. The summed E-state index contributed by atoms with van der Waals surface area (Å²) < 4.78 is 5.98. The molecule has 0 bridgehead atoms. The Morgan fingerprint density at radius 2 is 1.12 bits per heavy atom. The van der Waals surface area contributed by atoms with Crippen LogP contribution in [-0.2, 0) is 16.0 Å². The molecule has 0 amide bonds. The highest BCUT2D eigenvalue weighted by molar-refractivity contribution is 5.79. The van der Waals surface area contributed by atoms with Crippen LogP contribution >= 0.6 is 0 Å². The molecule has 0 saturated carbocycles. The smallest absolute Gasteiger partial charge is 0.313 e. The van der Waals surface area contributed by atoms with Gasteiger partial charge in [-0.1, -0.05) is 143 Å². The Morgan fingerprint density at radius 1 is 0.688 bits per heavy atom. The summed E-state index contributed by atoms with van der Waals surface area (Å²) in [7, 11) is 0. The first-order valence-electron chi connectivity index (χ1n) is 13.3. The molecular weight excluding hydrogens is 392 g/mol. The van der Waals surface area contributed by atoms with Crippen molar-refractivity contribution < 1.29 is 9.53 Å². The van der Waals surface area contributed by atoms with Crippen LogP contribution in [0.25, 0.3) is 0 Å². The molecule has 1 aromatic carbocycles. The number of carbonyl (C=O) groups is 1. The molecule has 0 aliphatic heterocycles. The summed E-state index contributed by atoms with van der Waals surface area (Å²) in [6, 6.07) is 10.4. The molecule has 32 heavy (non-hydrogen) atoms. The van der Waals surface area contributed by atoms with Gasteiger partial charge in [0.2, 0.25) is 0 Å². The van der Waals surface area contributed by atoms with Gasteiger partial charge in [-0.15, -0.1) is 0 Å². The third-order valence-electron chi connectivity index (χ3n) is 7.20. The average Bonchev–Trinajstić information content (AvgIpc) is 2.71. The quantitative estimate of drug-likeness (QED) is 0.199. The van der Waals surface area contributed by atoms with Crippen LogP contribution < -0.4 is 0 Å². The van der Waals surface area contributed by atoms with Crippen molar-refractivity contribution in [1.29, 1.82) is 0 Å². The van der Waals surface area contributed by atoms with E-state index in [1.807, 2.05) is 6.07 Å². The highest BCUT2D eigenvalue weighted by Crippen LogP contribution is 2.54. The van der Waals surface area contributed by atoms with Crippen molar-refractivity contribution in [2.75, 3.05) is 6.61 Å². The zero-order valence-corrected chi connectivity index (χ0v) is 22.4. The van der Waals surface area contributed by atoms with E-state index < -0.39 is 5.41 Å². The van der Waals surface area contributed by atoms with E-state index in [0.29, 0.717) is 13.0 Å². The van der Waals surface area contributed by atoms with Gasteiger partial charge in [-0.05, 0) is 29.2 Å². The Hall–Kier alpha value is -1.31. The van der Waals surface area contributed by atoms with E-state index >= 15 is 0 Å². The highest BCUT2D eigenvalue weighted by Gasteiger charge is 2.57. The van der Waals surface area contributed by atoms with E-state index in [1.165, 1.54) is 63.4 Å². The van der Waals surface area contributed by atoms with E-state index in [1.54, 1.807) is 0 Å². The predicted molar refractivity (Wildman–Crippen MR) is 139 cm³/mol. The molecule has 0 heterocycles. The number of hydrogen-bond acceptors (Lipinski definition) is 2. The maximum Gasteiger partial charge on any atom is 0.313 e. The molecule has 1 aromatic rings. The molecular formula is C30H52O2. The summed E-state index contributed by atoms with van der Waals surface area (Å²) in [6.07, 6.45) is 15.0. The molecule has 184 valence electrons. The molecule has 0 aliphatic carbocycles. The van der Waals surface area contributed by atoms with E-state index in [0.717, 1.165) is 12.8 Å². The van der Waals surface area contributed by atoms with Gasteiger partial charge in [0, 0.05) is 0 Å². The Kier molecular flexibility index (Phi) is 12.6. The van der Waals surface area contributed by atoms with Crippen LogP contribution in [0.1, 0.15) is 125 Å². The Bertz CT molecular complexity index is 604. The van der Waals surface area contributed by atoms with Crippen molar-refractivity contribution in [3.8, 4) is 0 Å². The van der Waals surface area contributed by atoms with Gasteiger partial charge in [-0.3, -0.25) is 4.79 Å². The second-order valence-electron chi connectivity index (χ2n) is 11.7. The number of esters is 1. The number of ether oxygens (including phenoxy) is 1. The molecule has 0 N–H and O–H groups in total. The third kappa shape index (κ3) is 8.91. The van der Waals surface area contributed by atoms with Gasteiger partial charge in [0.15, 0.2) is 0 Å². The van der Waals surface area contributed by atoms with Gasteiger partial charge in [-0.25, -0.2) is 0 Å². The first-order valence-corrected chi connectivity index (χ1v) is 13.3. The monoisotopic (exact) mass is 444 g/mol. The average molecular weight is 445 g/mol. The summed E-state index contributed by atoms with van der Waals surface area (Å²) in [5.41, 5.74) is 0.188. The Labute approximate surface area is 199 Å². The molecule has 0 aromatic heterocycles. The molecule has 1 rings (SSSR count). The zero-order valence-electron chi connectivity index (χ0n) is 22.4. The fourth-order valence-corrected chi connectivity index (χ4v) is 5.30. The number of unbranched alkanes of at least 4 members (excludes halogenated alkanes) is 10. The van der Waals surface area contributed by atoms with Crippen molar-refractivity contribution >= 4 is 5.97 Å². The van der Waals surface area contributed by atoms with Crippen molar-refractivity contribution in [3.05, 3.63) is 35.9 Å². The van der Waals surface area contributed by atoms with Gasteiger partial charge in [-0.2, -0.15) is 0 Å². The predicted octanol–water partition coefficient (Wildman–Crippen LogP) is 9.16. The number of benzene rings is 1. The fraction of sp³-hybridized carbons (Fsp3) is 0.767. The van der Waals surface area contributed by atoms with E-state index in [4.69, 9.17) is 4.74 Å². The first kappa shape index (κ1) is 28.7. The standard InChI is InChI=1S/C30H52O2/c1-8-9-10-11-12-13-14-15-16-17-21-24-32-27(31)30(28(2,3)4,29(5,6)7)25-26-22-19-18-20-23-26/h18-20,22-23H,8-17,21,24-25H2,1-7H3. The Morgan fingerprint density at radius 3 is 1.56 bits per heavy atom. The highest BCUT2D eigenvalue weighted by atomic mass is 16.5. The molecule has 0 radical (unpaired) electrons. The second kappa shape index (κ2) is 14.1. The second-order valence-corrected chi connectivity index (χ2v) is 11.7. The largest absolute Gasteiger partial charge is 0.465 e. The lowest BCUT2D eigenvalue weighted by Crippen LogP contribution is -2.54. The minimum atomic E-state index is -0.584. The van der Waals surface area contributed by atoms with Crippen LogP contribution in [-0.4, -0.2) is 12.6 Å². The van der Waals surface area contributed by atoms with Crippen molar-refractivity contribution in [2.24, 2.45) is 16.2 Å². The maximum absolute atomic E-state index is 13.6. The topological polar surface area (TPSA) is 26.3 Å². The zero-order chi connectivity index (χ0) is 24.1. The Balaban J connectivity index is 2.53. The summed E-state index contributed by atoms with van der Waals surface area (Å²) in [6.45, 7) is 15.9. The molecule has 0 saturated heterocycles. The lowest BCUT2D eigenvalue weighted by atomic mass is 9.52. The lowest BCUT2D eigenvalue weighted by molar-refractivity contribution is -0.175. The SMILES string of the molecule is CCCCCCCCCCCCCOC(=O)C(Cc1ccccc1)(C(C)(C)C)C(C)(C)C. The van der Waals surface area contributed by atoms with Crippen molar-refractivity contribution in [3.63, 3.8) is 0 Å². The summed E-state index contributed by atoms with van der Waals surface area (Å²) in [5.74, 6) is -0.0339. The molecule has 0 spiro atoms. The van der Waals surface area contributed by atoms with Crippen LogP contribution in [0.5, 0.6) is 0 Å². The minimum absolute atomic E-state index is 0.0339. The number of hydrogen-bond donors (Lipinski definition) is 0. The van der Waals surface area contributed by atoms with Gasteiger partial charge in [0.25, 0.3) is 0 Å². The summed E-state index contributed by atoms with van der Waals surface area (Å²) in [4.78, 5) is 13.6. The van der Waals surface area contributed by atoms with Gasteiger partial charge in [0.05, 0.1) is 12.0 Å². The van der Waals surface area contributed by atoms with Crippen molar-refractivity contribution in [2.45, 2.75) is 126 Å². The summed E-state index contributed by atoms with van der Waals surface area (Å²) in [5, 5.41) is 0. The van der Waals surface area contributed by atoms with Crippen LogP contribution in [0, 0.1) is 16.2 Å². The molecule has 0 unspecified atom stereocenters. The van der Waals surface area contributed by atoms with Gasteiger partial charge in [0.1, 0.15) is 0 Å². The molecule has 2 nitrogen and oxygen atoms in total. The number of rotatable bonds is 15. The normalized spacial score (nSPS) is 12.7. The van der Waals surface area contributed by atoms with Gasteiger partial charge >= 0.3 is 5.97 Å².